The Morgan fingerprint density at radius 2 is 1.67 bits per heavy atom. The highest BCUT2D eigenvalue weighted by Gasteiger charge is 2.20. The molecule has 0 aliphatic rings. The summed E-state index contributed by atoms with van der Waals surface area (Å²) in [5.74, 6) is 0.0714. The van der Waals surface area contributed by atoms with Gasteiger partial charge in [0.1, 0.15) is 5.75 Å². The lowest BCUT2D eigenvalue weighted by Crippen LogP contribution is -2.26. The molecule has 2 aromatic carbocycles. The maximum atomic E-state index is 11.5. The van der Waals surface area contributed by atoms with Crippen molar-refractivity contribution in [3.05, 3.63) is 64.6 Å². The van der Waals surface area contributed by atoms with Crippen LogP contribution in [0.5, 0.6) is 5.75 Å². The van der Waals surface area contributed by atoms with Crippen LogP contribution in [0.1, 0.15) is 11.7 Å². The molecule has 1 atom stereocenters. The second kappa shape index (κ2) is 5.69. The Hall–Kier alpha value is -1.81. The number of ether oxygens (including phenoxy) is 1. The first-order valence-electron chi connectivity index (χ1n) is 5.44. The average Bonchev–Trinajstić information content (AvgIpc) is 2.38. The predicted molar refractivity (Wildman–Crippen MR) is 73.1 cm³/mol. The number of benzene rings is 2. The molecule has 4 heteroatoms. The maximum absolute atomic E-state index is 11.5. The number of hydrogen-bond acceptors (Lipinski definition) is 2. The molecule has 0 unspecified atom stereocenters. The first-order valence-corrected chi connectivity index (χ1v) is 6.23. The zero-order valence-electron chi connectivity index (χ0n) is 9.55. The first-order chi connectivity index (χ1) is 8.68. The van der Waals surface area contributed by atoms with Crippen LogP contribution in [-0.4, -0.2) is 5.91 Å². The Bertz CT molecular complexity index is 543. The number of halogens is 1. The summed E-state index contributed by atoms with van der Waals surface area (Å²) in [5.41, 5.74) is 6.12. The second-order valence-corrected chi connectivity index (χ2v) is 4.60. The third kappa shape index (κ3) is 2.90. The fraction of sp³-hybridized carbons (Fsp3) is 0.0714. The van der Waals surface area contributed by atoms with E-state index in [2.05, 4.69) is 15.9 Å². The molecule has 0 aliphatic heterocycles. The molecule has 2 aromatic rings. The number of amides is 1. The van der Waals surface area contributed by atoms with Crippen molar-refractivity contribution in [2.75, 3.05) is 0 Å². The largest absolute Gasteiger partial charge is 0.475 e. The molecule has 0 saturated carbocycles. The molecule has 92 valence electrons. The van der Waals surface area contributed by atoms with Crippen molar-refractivity contribution < 1.29 is 9.53 Å². The van der Waals surface area contributed by atoms with E-state index >= 15 is 0 Å². The van der Waals surface area contributed by atoms with Crippen LogP contribution in [0.25, 0.3) is 0 Å². The van der Waals surface area contributed by atoms with Gasteiger partial charge in [0, 0.05) is 5.56 Å². The Labute approximate surface area is 114 Å². The van der Waals surface area contributed by atoms with E-state index in [-0.39, 0.29) is 0 Å². The molecular formula is C14H12BrNO2. The Morgan fingerprint density at radius 1 is 1.06 bits per heavy atom. The second-order valence-electron chi connectivity index (χ2n) is 3.74. The van der Waals surface area contributed by atoms with Gasteiger partial charge in [0.25, 0.3) is 5.91 Å². The van der Waals surface area contributed by atoms with Crippen LogP contribution in [0, 0.1) is 0 Å². The molecule has 0 saturated heterocycles. The average molecular weight is 306 g/mol. The van der Waals surface area contributed by atoms with Crippen LogP contribution in [0.4, 0.5) is 0 Å². The highest BCUT2D eigenvalue weighted by Crippen LogP contribution is 2.28. The molecule has 3 nitrogen and oxygen atoms in total. The van der Waals surface area contributed by atoms with E-state index in [9.17, 15) is 4.79 Å². The minimum atomic E-state index is -0.787. The minimum absolute atomic E-state index is 0.517. The van der Waals surface area contributed by atoms with E-state index in [4.69, 9.17) is 10.5 Å². The van der Waals surface area contributed by atoms with E-state index in [1.807, 2.05) is 48.5 Å². The Balaban J connectivity index is 2.28. The van der Waals surface area contributed by atoms with Gasteiger partial charge in [-0.15, -0.1) is 0 Å². The van der Waals surface area contributed by atoms with Crippen molar-refractivity contribution in [2.45, 2.75) is 6.10 Å². The third-order valence-corrected chi connectivity index (χ3v) is 3.10. The summed E-state index contributed by atoms with van der Waals surface area (Å²) >= 11 is 3.37. The smallest absolute Gasteiger partial charge is 0.263 e. The summed E-state index contributed by atoms with van der Waals surface area (Å²) in [7, 11) is 0. The van der Waals surface area contributed by atoms with E-state index in [0.717, 1.165) is 10.0 Å². The highest BCUT2D eigenvalue weighted by molar-refractivity contribution is 9.10. The predicted octanol–water partition coefficient (Wildman–Crippen LogP) is 3.05. The minimum Gasteiger partial charge on any atom is -0.475 e. The topological polar surface area (TPSA) is 52.3 Å². The summed E-state index contributed by atoms with van der Waals surface area (Å²) in [6, 6.07) is 16.5. The van der Waals surface area contributed by atoms with Gasteiger partial charge in [0.2, 0.25) is 6.10 Å². The van der Waals surface area contributed by atoms with Gasteiger partial charge >= 0.3 is 0 Å². The molecule has 18 heavy (non-hydrogen) atoms. The standard InChI is InChI=1S/C14H12BrNO2/c15-11-8-4-5-9-12(11)18-13(14(16)17)10-6-2-1-3-7-10/h1-9,13H,(H2,16,17)/t13-/m1/s1. The zero-order chi connectivity index (χ0) is 13.0. The Morgan fingerprint density at radius 3 is 2.28 bits per heavy atom. The van der Waals surface area contributed by atoms with Crippen molar-refractivity contribution in [3.63, 3.8) is 0 Å². The molecule has 2 N–H and O–H groups in total. The molecule has 0 radical (unpaired) electrons. The van der Waals surface area contributed by atoms with Gasteiger partial charge in [0.15, 0.2) is 0 Å². The first kappa shape index (κ1) is 12.6. The molecule has 0 fully saturated rings. The van der Waals surface area contributed by atoms with E-state index in [0.29, 0.717) is 5.75 Å². The lowest BCUT2D eigenvalue weighted by atomic mass is 10.1. The number of carbonyl (C=O) groups is 1. The number of hydrogen-bond donors (Lipinski definition) is 1. The monoisotopic (exact) mass is 305 g/mol. The Kier molecular flexibility index (Phi) is 3.99. The fourth-order valence-electron chi connectivity index (χ4n) is 1.59. The van der Waals surface area contributed by atoms with Crippen LogP contribution < -0.4 is 10.5 Å². The maximum Gasteiger partial charge on any atom is 0.263 e. The number of carbonyl (C=O) groups excluding carboxylic acids is 1. The lowest BCUT2D eigenvalue weighted by molar-refractivity contribution is -0.125. The van der Waals surface area contributed by atoms with Crippen molar-refractivity contribution in [1.29, 1.82) is 0 Å². The zero-order valence-corrected chi connectivity index (χ0v) is 11.1. The molecule has 0 aliphatic carbocycles. The fourth-order valence-corrected chi connectivity index (χ4v) is 1.96. The number of nitrogens with two attached hydrogens (primary N) is 1. The van der Waals surface area contributed by atoms with E-state index < -0.39 is 12.0 Å². The van der Waals surface area contributed by atoms with Crippen LogP contribution >= 0.6 is 15.9 Å². The molecule has 1 amide bonds. The van der Waals surface area contributed by atoms with Gasteiger partial charge < -0.3 is 10.5 Å². The van der Waals surface area contributed by atoms with Crippen molar-refractivity contribution in [1.82, 2.24) is 0 Å². The molecule has 0 aromatic heterocycles. The van der Waals surface area contributed by atoms with Gasteiger partial charge in [-0.1, -0.05) is 42.5 Å². The van der Waals surface area contributed by atoms with Gasteiger partial charge in [0.05, 0.1) is 4.47 Å². The molecule has 0 heterocycles. The van der Waals surface area contributed by atoms with Crippen molar-refractivity contribution in [2.24, 2.45) is 5.73 Å². The SMILES string of the molecule is NC(=O)[C@H](Oc1ccccc1Br)c1ccccc1. The summed E-state index contributed by atoms with van der Waals surface area (Å²) in [5, 5.41) is 0. The van der Waals surface area contributed by atoms with Gasteiger partial charge in [-0.3, -0.25) is 4.79 Å². The van der Waals surface area contributed by atoms with E-state index in [1.54, 1.807) is 6.07 Å². The molecule has 2 rings (SSSR count). The van der Waals surface area contributed by atoms with E-state index in [1.165, 1.54) is 0 Å². The van der Waals surface area contributed by atoms with Crippen molar-refractivity contribution >= 4 is 21.8 Å². The summed E-state index contributed by atoms with van der Waals surface area (Å²) in [6.07, 6.45) is -0.787. The van der Waals surface area contributed by atoms with Gasteiger partial charge in [-0.25, -0.2) is 0 Å². The van der Waals surface area contributed by atoms with Gasteiger partial charge in [-0.2, -0.15) is 0 Å². The quantitative estimate of drug-likeness (QED) is 0.944. The molecular weight excluding hydrogens is 294 g/mol. The number of primary amides is 1. The number of rotatable bonds is 4. The molecule has 0 spiro atoms. The lowest BCUT2D eigenvalue weighted by Gasteiger charge is -2.17. The summed E-state index contributed by atoms with van der Waals surface area (Å²) in [6.45, 7) is 0. The van der Waals surface area contributed by atoms with Crippen LogP contribution in [-0.2, 0) is 4.79 Å². The van der Waals surface area contributed by atoms with Crippen molar-refractivity contribution in [3.8, 4) is 5.75 Å². The molecule has 0 bridgehead atoms. The van der Waals surface area contributed by atoms with Gasteiger partial charge in [-0.05, 0) is 28.1 Å². The number of para-hydroxylation sites is 1. The van der Waals surface area contributed by atoms with Crippen LogP contribution in [0.2, 0.25) is 0 Å². The normalized spacial score (nSPS) is 11.8. The highest BCUT2D eigenvalue weighted by atomic mass is 79.9. The summed E-state index contributed by atoms with van der Waals surface area (Å²) in [4.78, 5) is 11.5. The third-order valence-electron chi connectivity index (χ3n) is 2.44. The summed E-state index contributed by atoms with van der Waals surface area (Å²) < 4.78 is 6.46. The van der Waals surface area contributed by atoms with Crippen LogP contribution in [0.15, 0.2) is 59.1 Å². The van der Waals surface area contributed by atoms with Crippen LogP contribution in [0.3, 0.4) is 0 Å².